The molecule has 0 saturated heterocycles. The van der Waals surface area contributed by atoms with Crippen LogP contribution < -0.4 is 0 Å². The third-order valence-corrected chi connectivity index (χ3v) is 9.85. The van der Waals surface area contributed by atoms with Crippen molar-refractivity contribution in [2.75, 3.05) is 13.1 Å². The van der Waals surface area contributed by atoms with Crippen LogP contribution in [0.4, 0.5) is 0 Å². The highest BCUT2D eigenvalue weighted by atomic mass is 16.3. The van der Waals surface area contributed by atoms with Crippen molar-refractivity contribution >= 4 is 0 Å². The van der Waals surface area contributed by atoms with Crippen LogP contribution in [0.1, 0.15) is 187 Å². The first-order valence-electron chi connectivity index (χ1n) is 17.9. The van der Waals surface area contributed by atoms with E-state index in [0.717, 1.165) is 36.5 Å². The summed E-state index contributed by atoms with van der Waals surface area (Å²) in [4.78, 5) is 20.5. The van der Waals surface area contributed by atoms with Crippen LogP contribution in [0.15, 0.2) is 10.4 Å². The summed E-state index contributed by atoms with van der Waals surface area (Å²) in [5.41, 5.74) is 0. The van der Waals surface area contributed by atoms with Crippen molar-refractivity contribution in [1.29, 1.82) is 0 Å². The van der Waals surface area contributed by atoms with Crippen LogP contribution in [-0.2, 0) is 0 Å². The molecule has 0 aromatic heterocycles. The molecule has 0 aliphatic heterocycles. The van der Waals surface area contributed by atoms with Crippen molar-refractivity contribution < 1.29 is 0 Å². The molecule has 1 fully saturated rings. The SMILES string of the molecule is CCCCCCC1C(CCCCC)CCC(CCCCCCCCCN=O)C1CCCCCCCCCN=O. The fourth-order valence-electron chi connectivity index (χ4n) is 7.54. The average molecular weight is 549 g/mol. The first kappa shape index (κ1) is 36.2. The molecule has 39 heavy (non-hydrogen) atoms. The predicted octanol–water partition coefficient (Wildman–Crippen LogP) is 12.6. The Bertz CT molecular complexity index is 541. The summed E-state index contributed by atoms with van der Waals surface area (Å²) in [5.74, 6) is 3.92. The largest absolute Gasteiger partial charge is 0.151 e. The Morgan fingerprint density at radius 2 is 0.718 bits per heavy atom. The number of nitroso groups, excluding NO2 is 2. The number of hydrogen-bond acceptors (Lipinski definition) is 4. The van der Waals surface area contributed by atoms with Gasteiger partial charge in [-0.25, -0.2) is 0 Å². The van der Waals surface area contributed by atoms with E-state index in [1.54, 1.807) is 0 Å². The van der Waals surface area contributed by atoms with E-state index in [9.17, 15) is 9.81 Å². The van der Waals surface area contributed by atoms with Gasteiger partial charge < -0.3 is 0 Å². The molecule has 4 unspecified atom stereocenters. The molecular formula is C35H68N2O2. The fraction of sp³-hybridized carbons (Fsp3) is 1.00. The molecule has 4 atom stereocenters. The first-order chi connectivity index (χ1) is 19.3. The second-order valence-corrected chi connectivity index (χ2v) is 13.0. The van der Waals surface area contributed by atoms with Crippen molar-refractivity contribution in [3.05, 3.63) is 9.81 Å². The van der Waals surface area contributed by atoms with Crippen molar-refractivity contribution in [2.24, 2.45) is 34.0 Å². The normalized spacial score (nSPS) is 21.3. The smallest absolute Gasteiger partial charge is 0.0811 e. The van der Waals surface area contributed by atoms with Gasteiger partial charge in [0, 0.05) is 0 Å². The van der Waals surface area contributed by atoms with Gasteiger partial charge in [-0.2, -0.15) is 9.81 Å². The summed E-state index contributed by atoms with van der Waals surface area (Å²) in [7, 11) is 0. The van der Waals surface area contributed by atoms with Crippen LogP contribution in [0.25, 0.3) is 0 Å². The van der Waals surface area contributed by atoms with Gasteiger partial charge in [0.1, 0.15) is 0 Å². The predicted molar refractivity (Wildman–Crippen MR) is 171 cm³/mol. The topological polar surface area (TPSA) is 58.9 Å². The zero-order valence-electron chi connectivity index (χ0n) is 26.5. The minimum Gasteiger partial charge on any atom is -0.151 e. The molecule has 0 amide bonds. The van der Waals surface area contributed by atoms with Gasteiger partial charge in [-0.05, 0) is 62.2 Å². The second-order valence-electron chi connectivity index (χ2n) is 13.0. The summed E-state index contributed by atoms with van der Waals surface area (Å²) in [5, 5.41) is 5.98. The van der Waals surface area contributed by atoms with Crippen molar-refractivity contribution in [3.8, 4) is 0 Å². The van der Waals surface area contributed by atoms with Crippen LogP contribution in [0, 0.1) is 33.5 Å². The summed E-state index contributed by atoms with van der Waals surface area (Å²) in [6, 6.07) is 0. The Balaban J connectivity index is 2.60. The lowest BCUT2D eigenvalue weighted by Crippen LogP contribution is -2.35. The van der Waals surface area contributed by atoms with Crippen LogP contribution >= 0.6 is 0 Å². The Hall–Kier alpha value is -0.800. The fourth-order valence-corrected chi connectivity index (χ4v) is 7.54. The van der Waals surface area contributed by atoms with Gasteiger partial charge in [0.25, 0.3) is 0 Å². The average Bonchev–Trinajstić information content (AvgIpc) is 2.95. The van der Waals surface area contributed by atoms with E-state index in [1.165, 1.54) is 161 Å². The molecule has 0 spiro atoms. The zero-order valence-corrected chi connectivity index (χ0v) is 26.5. The molecule has 0 radical (unpaired) electrons. The van der Waals surface area contributed by atoms with E-state index in [4.69, 9.17) is 0 Å². The molecule has 4 nitrogen and oxygen atoms in total. The Morgan fingerprint density at radius 1 is 0.410 bits per heavy atom. The highest BCUT2D eigenvalue weighted by Crippen LogP contribution is 2.47. The minimum atomic E-state index is 0.501. The van der Waals surface area contributed by atoms with Gasteiger partial charge >= 0.3 is 0 Å². The Labute approximate surface area is 244 Å². The molecule has 0 aromatic carbocycles. The summed E-state index contributed by atoms with van der Waals surface area (Å²) in [6.07, 6.45) is 36.7. The van der Waals surface area contributed by atoms with Crippen LogP contribution in [0.5, 0.6) is 0 Å². The lowest BCUT2D eigenvalue weighted by molar-refractivity contribution is 0.0582. The van der Waals surface area contributed by atoms with E-state index < -0.39 is 0 Å². The van der Waals surface area contributed by atoms with Crippen LogP contribution in [0.2, 0.25) is 0 Å². The minimum absolute atomic E-state index is 0.501. The van der Waals surface area contributed by atoms with E-state index >= 15 is 0 Å². The first-order valence-corrected chi connectivity index (χ1v) is 17.9. The second kappa shape index (κ2) is 27.4. The van der Waals surface area contributed by atoms with Crippen molar-refractivity contribution in [1.82, 2.24) is 0 Å². The van der Waals surface area contributed by atoms with Crippen LogP contribution in [0.3, 0.4) is 0 Å². The monoisotopic (exact) mass is 549 g/mol. The number of nitrogens with zero attached hydrogens (tertiary/aromatic N) is 2. The molecule has 1 saturated carbocycles. The lowest BCUT2D eigenvalue weighted by Gasteiger charge is -2.44. The maximum absolute atomic E-state index is 10.3. The molecule has 0 N–H and O–H groups in total. The van der Waals surface area contributed by atoms with Gasteiger partial charge in [-0.3, -0.25) is 0 Å². The molecule has 0 bridgehead atoms. The lowest BCUT2D eigenvalue weighted by atomic mass is 9.61. The Kier molecular flexibility index (Phi) is 25.4. The van der Waals surface area contributed by atoms with Gasteiger partial charge in [0.2, 0.25) is 0 Å². The van der Waals surface area contributed by atoms with Crippen molar-refractivity contribution in [2.45, 2.75) is 187 Å². The molecule has 4 heteroatoms. The molecular weight excluding hydrogens is 480 g/mol. The van der Waals surface area contributed by atoms with E-state index in [1.807, 2.05) is 0 Å². The molecule has 1 aliphatic rings. The number of hydrogen-bond donors (Lipinski definition) is 0. The quantitative estimate of drug-likeness (QED) is 0.0689. The van der Waals surface area contributed by atoms with Crippen molar-refractivity contribution in [3.63, 3.8) is 0 Å². The zero-order chi connectivity index (χ0) is 28.2. The molecule has 1 rings (SSSR count). The van der Waals surface area contributed by atoms with E-state index in [0.29, 0.717) is 13.1 Å². The third kappa shape index (κ3) is 19.0. The summed E-state index contributed by atoms with van der Waals surface area (Å²) >= 11 is 0. The van der Waals surface area contributed by atoms with Gasteiger partial charge in [0.05, 0.1) is 13.1 Å². The standard InChI is InChI=1S/C35H68N2O2/c1-3-5-7-20-26-34-32(24-18-6-4-2)28-29-33(25-19-14-10-8-12-16-22-30-36-38)35(34)27-21-15-11-9-13-17-23-31-37-39/h32-35H,3-31H2,1-2H3. The maximum atomic E-state index is 10.3. The van der Waals surface area contributed by atoms with Crippen LogP contribution in [-0.4, -0.2) is 13.1 Å². The molecule has 0 aromatic rings. The van der Waals surface area contributed by atoms with E-state index in [2.05, 4.69) is 24.2 Å². The highest BCUT2D eigenvalue weighted by molar-refractivity contribution is 4.88. The molecule has 1 aliphatic carbocycles. The number of rotatable bonds is 29. The summed E-state index contributed by atoms with van der Waals surface area (Å²) < 4.78 is 0. The Morgan fingerprint density at radius 3 is 1.13 bits per heavy atom. The number of unbranched alkanes of at least 4 members (excludes halogenated alkanes) is 17. The van der Waals surface area contributed by atoms with Gasteiger partial charge in [-0.1, -0.05) is 159 Å². The summed E-state index contributed by atoms with van der Waals surface area (Å²) in [6.45, 7) is 5.70. The third-order valence-electron chi connectivity index (χ3n) is 9.85. The molecule has 230 valence electrons. The van der Waals surface area contributed by atoms with E-state index in [-0.39, 0.29) is 0 Å². The van der Waals surface area contributed by atoms with Gasteiger partial charge in [-0.15, -0.1) is 0 Å². The molecule has 0 heterocycles. The maximum Gasteiger partial charge on any atom is 0.0811 e. The highest BCUT2D eigenvalue weighted by Gasteiger charge is 2.37. The van der Waals surface area contributed by atoms with Gasteiger partial charge in [0.15, 0.2) is 0 Å².